The first-order chi connectivity index (χ1) is 11.1. The van der Waals surface area contributed by atoms with E-state index in [1.807, 2.05) is 42.8 Å². The Morgan fingerprint density at radius 2 is 1.87 bits per heavy atom. The fourth-order valence-electron chi connectivity index (χ4n) is 2.44. The summed E-state index contributed by atoms with van der Waals surface area (Å²) in [5.41, 5.74) is 3.99. The molecule has 1 aromatic heterocycles. The van der Waals surface area contributed by atoms with Crippen LogP contribution in [0.4, 0.5) is 0 Å². The van der Waals surface area contributed by atoms with E-state index in [-0.39, 0.29) is 5.91 Å². The van der Waals surface area contributed by atoms with Crippen molar-refractivity contribution in [3.63, 3.8) is 0 Å². The molecule has 0 fully saturated rings. The molecule has 0 saturated heterocycles. The molecule has 0 radical (unpaired) electrons. The molecule has 124 valence electrons. The highest BCUT2D eigenvalue weighted by Gasteiger charge is 2.06. The number of amides is 1. The van der Waals surface area contributed by atoms with Gasteiger partial charge in [0.05, 0.1) is 12.2 Å². The Kier molecular flexibility index (Phi) is 6.35. The van der Waals surface area contributed by atoms with Crippen LogP contribution in [0.1, 0.15) is 40.7 Å². The number of nitrogens with zero attached hydrogens (tertiary/aromatic N) is 2. The van der Waals surface area contributed by atoms with Gasteiger partial charge in [-0.15, -0.1) is 0 Å². The Labute approximate surface area is 138 Å². The third-order valence-electron chi connectivity index (χ3n) is 3.67. The van der Waals surface area contributed by atoms with Gasteiger partial charge in [0, 0.05) is 24.3 Å². The number of hydrogen-bond acceptors (Lipinski definition) is 3. The zero-order valence-electron chi connectivity index (χ0n) is 14.2. The maximum atomic E-state index is 12.0. The maximum Gasteiger partial charge on any atom is 0.251 e. The van der Waals surface area contributed by atoms with Crippen LogP contribution in [0.5, 0.6) is 0 Å². The van der Waals surface area contributed by atoms with E-state index >= 15 is 0 Å². The van der Waals surface area contributed by atoms with E-state index in [0.29, 0.717) is 12.1 Å². The van der Waals surface area contributed by atoms with Gasteiger partial charge in [-0.05, 0) is 50.6 Å². The van der Waals surface area contributed by atoms with Gasteiger partial charge in [-0.2, -0.15) is 5.10 Å². The van der Waals surface area contributed by atoms with Gasteiger partial charge >= 0.3 is 0 Å². The van der Waals surface area contributed by atoms with Crippen LogP contribution in [-0.4, -0.2) is 35.3 Å². The zero-order valence-corrected chi connectivity index (χ0v) is 14.2. The molecular weight excluding hydrogens is 288 g/mol. The van der Waals surface area contributed by atoms with Crippen LogP contribution in [0.3, 0.4) is 0 Å². The number of aromatic nitrogens is 2. The number of hydrogen-bond donors (Lipinski definition) is 2. The molecule has 23 heavy (non-hydrogen) atoms. The minimum Gasteiger partial charge on any atom is -0.351 e. The second kappa shape index (κ2) is 8.48. The third kappa shape index (κ3) is 5.21. The Morgan fingerprint density at radius 3 is 2.48 bits per heavy atom. The van der Waals surface area contributed by atoms with Crippen LogP contribution >= 0.6 is 0 Å². The molecule has 0 aliphatic heterocycles. The molecule has 0 aliphatic carbocycles. The largest absolute Gasteiger partial charge is 0.351 e. The first kappa shape index (κ1) is 17.2. The van der Waals surface area contributed by atoms with Crippen LogP contribution in [0, 0.1) is 13.8 Å². The molecule has 0 unspecified atom stereocenters. The summed E-state index contributed by atoms with van der Waals surface area (Å²) < 4.78 is 1.98. The van der Waals surface area contributed by atoms with Crippen LogP contribution < -0.4 is 10.6 Å². The number of nitrogens with one attached hydrogen (secondary N) is 2. The standard InChI is InChI=1S/C18H26N4O/c1-4-9-19-10-11-20-18(23)17-7-5-16(6-8-17)13-22-15(3)12-14(2)21-22/h5-8,12,19H,4,9-11,13H2,1-3H3,(H,20,23). The zero-order chi connectivity index (χ0) is 16.7. The van der Waals surface area contributed by atoms with Crippen molar-refractivity contribution < 1.29 is 4.79 Å². The molecule has 2 aromatic rings. The van der Waals surface area contributed by atoms with Gasteiger partial charge in [0.1, 0.15) is 0 Å². The van der Waals surface area contributed by atoms with Crippen LogP contribution in [0.15, 0.2) is 30.3 Å². The second-order valence-electron chi connectivity index (χ2n) is 5.79. The van der Waals surface area contributed by atoms with Gasteiger partial charge in [0.15, 0.2) is 0 Å². The molecule has 2 rings (SSSR count). The topological polar surface area (TPSA) is 58.9 Å². The summed E-state index contributed by atoms with van der Waals surface area (Å²) in [5, 5.41) is 10.6. The van der Waals surface area contributed by atoms with E-state index in [0.717, 1.165) is 43.0 Å². The molecule has 1 amide bonds. The number of benzene rings is 1. The first-order valence-corrected chi connectivity index (χ1v) is 8.19. The lowest BCUT2D eigenvalue weighted by molar-refractivity contribution is 0.0954. The lowest BCUT2D eigenvalue weighted by Crippen LogP contribution is -2.32. The minimum absolute atomic E-state index is 0.0269. The molecular formula is C18H26N4O. The summed E-state index contributed by atoms with van der Waals surface area (Å²) in [7, 11) is 0. The third-order valence-corrected chi connectivity index (χ3v) is 3.67. The smallest absolute Gasteiger partial charge is 0.251 e. The summed E-state index contributed by atoms with van der Waals surface area (Å²) in [6.45, 7) is 9.32. The molecule has 0 aliphatic rings. The van der Waals surface area contributed by atoms with Crippen molar-refractivity contribution in [1.29, 1.82) is 0 Å². The number of rotatable bonds is 8. The molecule has 1 aromatic carbocycles. The van der Waals surface area contributed by atoms with Crippen LogP contribution in [0.2, 0.25) is 0 Å². The Hall–Kier alpha value is -2.14. The van der Waals surface area contributed by atoms with Gasteiger partial charge in [-0.25, -0.2) is 0 Å². The van der Waals surface area contributed by atoms with Crippen molar-refractivity contribution in [1.82, 2.24) is 20.4 Å². The summed E-state index contributed by atoms with van der Waals surface area (Å²) in [4.78, 5) is 12.0. The molecule has 0 spiro atoms. The molecule has 5 heteroatoms. The van der Waals surface area contributed by atoms with Crippen molar-refractivity contribution in [2.45, 2.75) is 33.7 Å². The van der Waals surface area contributed by atoms with Crippen molar-refractivity contribution in [2.24, 2.45) is 0 Å². The van der Waals surface area contributed by atoms with Gasteiger partial charge in [0.2, 0.25) is 0 Å². The molecule has 0 atom stereocenters. The van der Waals surface area contributed by atoms with E-state index in [4.69, 9.17) is 0 Å². The highest BCUT2D eigenvalue weighted by molar-refractivity contribution is 5.94. The summed E-state index contributed by atoms with van der Waals surface area (Å²) in [6, 6.07) is 9.78. The molecule has 5 nitrogen and oxygen atoms in total. The van der Waals surface area contributed by atoms with Crippen molar-refractivity contribution >= 4 is 5.91 Å². The predicted molar refractivity (Wildman–Crippen MR) is 92.7 cm³/mol. The lowest BCUT2D eigenvalue weighted by Gasteiger charge is -2.08. The molecule has 0 bridgehead atoms. The van der Waals surface area contributed by atoms with E-state index in [9.17, 15) is 4.79 Å². The quantitative estimate of drug-likeness (QED) is 0.735. The van der Waals surface area contributed by atoms with Crippen molar-refractivity contribution in [3.05, 3.63) is 52.8 Å². The Bertz CT molecular complexity index is 631. The van der Waals surface area contributed by atoms with E-state index in [2.05, 4.69) is 28.7 Å². The van der Waals surface area contributed by atoms with Gasteiger partial charge < -0.3 is 10.6 Å². The van der Waals surface area contributed by atoms with Gasteiger partial charge in [-0.3, -0.25) is 9.48 Å². The SMILES string of the molecule is CCCNCCNC(=O)c1ccc(Cn2nc(C)cc2C)cc1. The van der Waals surface area contributed by atoms with Crippen molar-refractivity contribution in [2.75, 3.05) is 19.6 Å². The Morgan fingerprint density at radius 1 is 1.13 bits per heavy atom. The van der Waals surface area contributed by atoms with Crippen LogP contribution in [-0.2, 0) is 6.54 Å². The predicted octanol–water partition coefficient (Wildman–Crippen LogP) is 2.28. The highest BCUT2D eigenvalue weighted by Crippen LogP contribution is 2.09. The Balaban J connectivity index is 1.86. The second-order valence-corrected chi connectivity index (χ2v) is 5.79. The first-order valence-electron chi connectivity index (χ1n) is 8.19. The maximum absolute atomic E-state index is 12.0. The number of carbonyl (C=O) groups is 1. The number of aryl methyl sites for hydroxylation is 2. The highest BCUT2D eigenvalue weighted by atomic mass is 16.1. The fraction of sp³-hybridized carbons (Fsp3) is 0.444. The average Bonchev–Trinajstić information content (AvgIpc) is 2.85. The minimum atomic E-state index is -0.0269. The van der Waals surface area contributed by atoms with Gasteiger partial charge in [-0.1, -0.05) is 19.1 Å². The summed E-state index contributed by atoms with van der Waals surface area (Å²) in [5.74, 6) is -0.0269. The molecule has 0 saturated carbocycles. The van der Waals surface area contributed by atoms with E-state index in [1.165, 1.54) is 0 Å². The fourth-order valence-corrected chi connectivity index (χ4v) is 2.44. The van der Waals surface area contributed by atoms with Crippen LogP contribution in [0.25, 0.3) is 0 Å². The summed E-state index contributed by atoms with van der Waals surface area (Å²) >= 11 is 0. The molecule has 1 heterocycles. The van der Waals surface area contributed by atoms with E-state index < -0.39 is 0 Å². The normalized spacial score (nSPS) is 10.7. The molecule has 2 N–H and O–H groups in total. The van der Waals surface area contributed by atoms with Crippen molar-refractivity contribution in [3.8, 4) is 0 Å². The average molecular weight is 314 g/mol. The van der Waals surface area contributed by atoms with Gasteiger partial charge in [0.25, 0.3) is 5.91 Å². The lowest BCUT2D eigenvalue weighted by atomic mass is 10.1. The summed E-state index contributed by atoms with van der Waals surface area (Å²) in [6.07, 6.45) is 1.10. The number of carbonyl (C=O) groups excluding carboxylic acids is 1. The van der Waals surface area contributed by atoms with E-state index in [1.54, 1.807) is 0 Å². The monoisotopic (exact) mass is 314 g/mol.